The van der Waals surface area contributed by atoms with E-state index < -0.39 is 0 Å². The Bertz CT molecular complexity index is 201. The Morgan fingerprint density at radius 3 is 2.31 bits per heavy atom. The molecule has 0 amide bonds. The maximum Gasteiger partial charge on any atom is 0.0750 e. The van der Waals surface area contributed by atoms with Crippen LogP contribution < -0.4 is 5.32 Å². The van der Waals surface area contributed by atoms with Crippen LogP contribution in [0.2, 0.25) is 0 Å². The molecule has 1 rings (SSSR count). The lowest BCUT2D eigenvalue weighted by atomic mass is 9.75. The molecule has 0 unspecified atom stereocenters. The van der Waals surface area contributed by atoms with Crippen LogP contribution in [0.15, 0.2) is 0 Å². The molecule has 0 bridgehead atoms. The number of hydrogen-bond donors (Lipinski definition) is 1. The van der Waals surface area contributed by atoms with Gasteiger partial charge in [0.2, 0.25) is 0 Å². The van der Waals surface area contributed by atoms with Gasteiger partial charge in [-0.15, -0.1) is 0 Å². The minimum Gasteiger partial charge on any atom is -0.375 e. The maximum atomic E-state index is 5.70. The smallest absolute Gasteiger partial charge is 0.0750 e. The number of nitrogens with one attached hydrogen (secondary N) is 1. The van der Waals surface area contributed by atoms with E-state index in [0.29, 0.717) is 11.5 Å². The Labute approximate surface area is 101 Å². The zero-order chi connectivity index (χ0) is 12.2. The zero-order valence-corrected chi connectivity index (χ0v) is 11.7. The van der Waals surface area contributed by atoms with Gasteiger partial charge in [-0.3, -0.25) is 0 Å². The lowest BCUT2D eigenvalue weighted by Gasteiger charge is -2.36. The summed E-state index contributed by atoms with van der Waals surface area (Å²) in [7, 11) is 0. The third-order valence-corrected chi connectivity index (χ3v) is 3.69. The van der Waals surface area contributed by atoms with Gasteiger partial charge < -0.3 is 10.1 Å². The summed E-state index contributed by atoms with van der Waals surface area (Å²) < 4.78 is 5.70. The molecule has 96 valence electrons. The highest BCUT2D eigenvalue weighted by atomic mass is 16.5. The summed E-state index contributed by atoms with van der Waals surface area (Å²) in [5, 5.41) is 3.66. The van der Waals surface area contributed by atoms with Crippen LogP contribution in [-0.2, 0) is 4.74 Å². The fraction of sp³-hybridized carbons (Fsp3) is 1.00. The van der Waals surface area contributed by atoms with Crippen molar-refractivity contribution < 1.29 is 4.74 Å². The molecule has 0 spiro atoms. The van der Waals surface area contributed by atoms with Crippen LogP contribution in [0.1, 0.15) is 60.3 Å². The van der Waals surface area contributed by atoms with Crippen LogP contribution in [0.4, 0.5) is 0 Å². The standard InChI is InChI=1S/C14H29NO/c1-6-16-14(4,5)11-15-12-7-9-13(2,3)10-8-12/h12,15H,6-11H2,1-5H3. The van der Waals surface area contributed by atoms with E-state index in [1.165, 1.54) is 25.7 Å². The molecule has 0 aromatic carbocycles. The Balaban J connectivity index is 2.24. The van der Waals surface area contributed by atoms with Gasteiger partial charge in [-0.1, -0.05) is 13.8 Å². The molecule has 1 aliphatic rings. The van der Waals surface area contributed by atoms with E-state index >= 15 is 0 Å². The number of hydrogen-bond acceptors (Lipinski definition) is 2. The minimum atomic E-state index is -0.0261. The van der Waals surface area contributed by atoms with Crippen molar-refractivity contribution in [1.29, 1.82) is 0 Å². The third-order valence-electron chi connectivity index (χ3n) is 3.69. The molecule has 16 heavy (non-hydrogen) atoms. The predicted octanol–water partition coefficient (Wildman–Crippen LogP) is 3.36. The maximum absolute atomic E-state index is 5.70. The summed E-state index contributed by atoms with van der Waals surface area (Å²) in [6.45, 7) is 12.9. The minimum absolute atomic E-state index is 0.0261. The zero-order valence-electron chi connectivity index (χ0n) is 11.7. The fourth-order valence-corrected chi connectivity index (χ4v) is 2.44. The second kappa shape index (κ2) is 5.50. The van der Waals surface area contributed by atoms with Gasteiger partial charge in [-0.05, 0) is 51.9 Å². The first-order valence-electron chi connectivity index (χ1n) is 6.72. The van der Waals surface area contributed by atoms with Crippen LogP contribution in [0, 0.1) is 5.41 Å². The second-order valence-electron chi connectivity index (χ2n) is 6.51. The second-order valence-corrected chi connectivity index (χ2v) is 6.51. The first-order chi connectivity index (χ1) is 7.35. The molecular weight excluding hydrogens is 198 g/mol. The van der Waals surface area contributed by atoms with Gasteiger partial charge in [-0.25, -0.2) is 0 Å². The molecule has 1 fully saturated rings. The van der Waals surface area contributed by atoms with Crippen LogP contribution >= 0.6 is 0 Å². The molecule has 0 atom stereocenters. The predicted molar refractivity (Wildman–Crippen MR) is 69.7 cm³/mol. The first-order valence-corrected chi connectivity index (χ1v) is 6.72. The highest BCUT2D eigenvalue weighted by Gasteiger charge is 2.27. The van der Waals surface area contributed by atoms with E-state index in [-0.39, 0.29) is 5.60 Å². The summed E-state index contributed by atoms with van der Waals surface area (Å²) in [4.78, 5) is 0. The largest absolute Gasteiger partial charge is 0.375 e. The van der Waals surface area contributed by atoms with Gasteiger partial charge in [0.1, 0.15) is 0 Å². The van der Waals surface area contributed by atoms with Gasteiger partial charge >= 0.3 is 0 Å². The van der Waals surface area contributed by atoms with Gasteiger partial charge in [0.05, 0.1) is 5.60 Å². The molecule has 0 aliphatic heterocycles. The van der Waals surface area contributed by atoms with Gasteiger partial charge in [0.15, 0.2) is 0 Å². The summed E-state index contributed by atoms with van der Waals surface area (Å²) in [5.74, 6) is 0. The van der Waals surface area contributed by atoms with E-state index in [2.05, 4.69) is 39.9 Å². The summed E-state index contributed by atoms with van der Waals surface area (Å²) in [6.07, 6.45) is 5.32. The van der Waals surface area contributed by atoms with Crippen molar-refractivity contribution in [1.82, 2.24) is 5.32 Å². The molecule has 1 N–H and O–H groups in total. The molecule has 0 aromatic rings. The highest BCUT2D eigenvalue weighted by molar-refractivity contribution is 4.84. The molecule has 1 aliphatic carbocycles. The fourth-order valence-electron chi connectivity index (χ4n) is 2.44. The summed E-state index contributed by atoms with van der Waals surface area (Å²) >= 11 is 0. The van der Waals surface area contributed by atoms with Crippen molar-refractivity contribution >= 4 is 0 Å². The van der Waals surface area contributed by atoms with Crippen molar-refractivity contribution in [2.24, 2.45) is 5.41 Å². The molecule has 0 aromatic heterocycles. The molecule has 2 nitrogen and oxygen atoms in total. The molecule has 0 radical (unpaired) electrons. The van der Waals surface area contributed by atoms with Gasteiger partial charge in [0, 0.05) is 19.2 Å². The van der Waals surface area contributed by atoms with Crippen LogP contribution in [0.3, 0.4) is 0 Å². The Hall–Kier alpha value is -0.0800. The van der Waals surface area contributed by atoms with Gasteiger partial charge in [0.25, 0.3) is 0 Å². The van der Waals surface area contributed by atoms with Crippen LogP contribution in [0.25, 0.3) is 0 Å². The SMILES string of the molecule is CCOC(C)(C)CNC1CCC(C)(C)CC1. The summed E-state index contributed by atoms with van der Waals surface area (Å²) in [5.41, 5.74) is 0.537. The molecular formula is C14H29NO. The Morgan fingerprint density at radius 2 is 1.81 bits per heavy atom. The van der Waals surface area contributed by atoms with Crippen LogP contribution in [-0.4, -0.2) is 24.8 Å². The van der Waals surface area contributed by atoms with Crippen molar-refractivity contribution in [3.05, 3.63) is 0 Å². The molecule has 0 saturated heterocycles. The third kappa shape index (κ3) is 4.84. The van der Waals surface area contributed by atoms with E-state index in [1.54, 1.807) is 0 Å². The molecule has 1 saturated carbocycles. The normalized spacial score (nSPS) is 22.3. The van der Waals surface area contributed by atoms with Crippen LogP contribution in [0.5, 0.6) is 0 Å². The number of ether oxygens (including phenoxy) is 1. The number of rotatable bonds is 5. The monoisotopic (exact) mass is 227 g/mol. The van der Waals surface area contributed by atoms with E-state index in [0.717, 1.165) is 13.2 Å². The lowest BCUT2D eigenvalue weighted by Crippen LogP contribution is -2.44. The first kappa shape index (κ1) is 14.0. The van der Waals surface area contributed by atoms with E-state index in [9.17, 15) is 0 Å². The van der Waals surface area contributed by atoms with Crippen molar-refractivity contribution in [2.75, 3.05) is 13.2 Å². The topological polar surface area (TPSA) is 21.3 Å². The van der Waals surface area contributed by atoms with E-state index in [1.807, 2.05) is 0 Å². The highest BCUT2D eigenvalue weighted by Crippen LogP contribution is 2.35. The molecule has 0 heterocycles. The van der Waals surface area contributed by atoms with E-state index in [4.69, 9.17) is 4.74 Å². The Kier molecular flexibility index (Phi) is 4.81. The van der Waals surface area contributed by atoms with Crippen molar-refractivity contribution in [2.45, 2.75) is 71.9 Å². The van der Waals surface area contributed by atoms with Crippen molar-refractivity contribution in [3.63, 3.8) is 0 Å². The average molecular weight is 227 g/mol. The quantitative estimate of drug-likeness (QED) is 0.777. The van der Waals surface area contributed by atoms with Crippen molar-refractivity contribution in [3.8, 4) is 0 Å². The van der Waals surface area contributed by atoms with Gasteiger partial charge in [-0.2, -0.15) is 0 Å². The average Bonchev–Trinajstić information content (AvgIpc) is 2.16. The molecule has 2 heteroatoms. The Morgan fingerprint density at radius 1 is 1.25 bits per heavy atom. The lowest BCUT2D eigenvalue weighted by molar-refractivity contribution is -0.0120. The summed E-state index contributed by atoms with van der Waals surface area (Å²) in [6, 6.07) is 0.702.